The average Bonchev–Trinajstić information content (AvgIpc) is 3.72. The lowest BCUT2D eigenvalue weighted by atomic mass is 10.1. The fourth-order valence-electron chi connectivity index (χ4n) is 4.30. The van der Waals surface area contributed by atoms with Gasteiger partial charge in [0.25, 0.3) is 15.9 Å². The third-order valence-corrected chi connectivity index (χ3v) is 9.21. The molecule has 16 heteroatoms. The highest BCUT2D eigenvalue weighted by molar-refractivity contribution is 7.89. The smallest absolute Gasteiger partial charge is 0.459 e. The number of aryl methyl sites for hydroxylation is 1. The molecular weight excluding hydrogens is 659 g/mol. The molecule has 0 fully saturated rings. The molecule has 0 saturated carbocycles. The molecule has 0 radical (unpaired) electrons. The van der Waals surface area contributed by atoms with Gasteiger partial charge in [-0.05, 0) is 61.7 Å². The molecule has 3 aromatic carbocycles. The zero-order valence-corrected chi connectivity index (χ0v) is 26.1. The minimum absolute atomic E-state index is 0.151. The highest BCUT2D eigenvalue weighted by Crippen LogP contribution is 2.32. The lowest BCUT2D eigenvalue weighted by Crippen LogP contribution is -2.49. The van der Waals surface area contributed by atoms with E-state index in [4.69, 9.17) is 10.2 Å². The Kier molecular flexibility index (Phi) is 9.83. The third-order valence-electron chi connectivity index (χ3n) is 6.75. The van der Waals surface area contributed by atoms with Gasteiger partial charge in [-0.2, -0.15) is 26.7 Å². The van der Waals surface area contributed by atoms with Crippen LogP contribution in [0.25, 0.3) is 21.5 Å². The number of hydrogen-bond donors (Lipinski definition) is 1. The van der Waals surface area contributed by atoms with E-state index in [9.17, 15) is 31.2 Å². The monoisotopic (exact) mass is 685 g/mol. The van der Waals surface area contributed by atoms with Crippen LogP contribution in [-0.2, 0) is 30.9 Å². The van der Waals surface area contributed by atoms with Crippen LogP contribution in [0.1, 0.15) is 30.7 Å². The number of carbonyl (C=O) groups is 2. The quantitative estimate of drug-likeness (QED) is 0.123. The van der Waals surface area contributed by atoms with Crippen LogP contribution >= 0.6 is 11.3 Å². The Morgan fingerprint density at radius 2 is 1.74 bits per heavy atom. The number of sulfonamides is 1. The first-order chi connectivity index (χ1) is 22.3. The van der Waals surface area contributed by atoms with Crippen molar-refractivity contribution in [2.75, 3.05) is 0 Å². The molecule has 11 nitrogen and oxygen atoms in total. The van der Waals surface area contributed by atoms with E-state index in [-0.39, 0.29) is 24.2 Å². The zero-order valence-electron chi connectivity index (χ0n) is 24.5. The number of hydroxylamine groups is 1. The van der Waals surface area contributed by atoms with Gasteiger partial charge in [0.2, 0.25) is 5.13 Å². The highest BCUT2D eigenvalue weighted by Gasteiger charge is 2.47. The van der Waals surface area contributed by atoms with Gasteiger partial charge in [0.05, 0.1) is 21.2 Å². The van der Waals surface area contributed by atoms with Crippen molar-refractivity contribution < 1.29 is 40.4 Å². The summed E-state index contributed by atoms with van der Waals surface area (Å²) in [6.07, 6.45) is -5.55. The number of nitrogens with zero attached hydrogens (tertiary/aromatic N) is 4. The van der Waals surface area contributed by atoms with Crippen LogP contribution in [0, 0.1) is 0 Å². The molecule has 1 amide bonds. The van der Waals surface area contributed by atoms with E-state index in [1.54, 1.807) is 43.3 Å². The molecule has 5 rings (SSSR count). The number of furan rings is 1. The summed E-state index contributed by atoms with van der Waals surface area (Å²) in [4.78, 5) is 32.7. The van der Waals surface area contributed by atoms with E-state index < -0.39 is 49.5 Å². The second-order valence-electron chi connectivity index (χ2n) is 10.2. The van der Waals surface area contributed by atoms with Gasteiger partial charge in [0, 0.05) is 5.56 Å². The SMILES string of the molecule is CC(N=Nc1nc2ccccc2s1)c1ccc(-c2cccc(S(=O)(=O)N(OC(=O)C(F)(F)F)C(=O)C(N)CCc3ccccc3)c2)o1. The molecule has 5 aromatic rings. The number of halogens is 3. The van der Waals surface area contributed by atoms with Crippen molar-refractivity contribution in [1.82, 2.24) is 9.45 Å². The van der Waals surface area contributed by atoms with Crippen molar-refractivity contribution in [3.8, 4) is 11.3 Å². The molecule has 0 saturated heterocycles. The molecule has 0 spiro atoms. The maximum atomic E-state index is 13.5. The molecule has 0 aliphatic rings. The first kappa shape index (κ1) is 33.4. The summed E-state index contributed by atoms with van der Waals surface area (Å²) in [5.74, 6) is -3.91. The van der Waals surface area contributed by atoms with Crippen molar-refractivity contribution in [3.63, 3.8) is 0 Å². The van der Waals surface area contributed by atoms with Crippen molar-refractivity contribution in [2.24, 2.45) is 16.0 Å². The molecule has 0 aliphatic carbocycles. The van der Waals surface area contributed by atoms with Gasteiger partial charge in [-0.15, -0.1) is 5.11 Å². The Morgan fingerprint density at radius 1 is 1.02 bits per heavy atom. The first-order valence-corrected chi connectivity index (χ1v) is 16.2. The summed E-state index contributed by atoms with van der Waals surface area (Å²) in [6, 6.07) is 22.0. The lowest BCUT2D eigenvalue weighted by molar-refractivity contribution is -0.223. The van der Waals surface area contributed by atoms with E-state index in [0.717, 1.165) is 27.9 Å². The zero-order chi connectivity index (χ0) is 33.8. The number of hydrogen-bond acceptors (Lipinski definition) is 11. The summed E-state index contributed by atoms with van der Waals surface area (Å²) in [7, 11) is -5.19. The second-order valence-corrected chi connectivity index (χ2v) is 12.9. The molecular formula is C31H26F3N5O6S2. The maximum absolute atomic E-state index is 13.5. The predicted molar refractivity (Wildman–Crippen MR) is 166 cm³/mol. The molecule has 0 bridgehead atoms. The largest absolute Gasteiger partial charge is 0.493 e. The van der Waals surface area contributed by atoms with Gasteiger partial charge in [0.15, 0.2) is 0 Å². The summed E-state index contributed by atoms with van der Waals surface area (Å²) < 4.78 is 72.7. The van der Waals surface area contributed by atoms with Crippen LogP contribution < -0.4 is 5.73 Å². The summed E-state index contributed by atoms with van der Waals surface area (Å²) >= 11 is 1.36. The van der Waals surface area contributed by atoms with Gasteiger partial charge < -0.3 is 15.0 Å². The number of alkyl halides is 3. The molecule has 2 unspecified atom stereocenters. The normalized spacial score (nSPS) is 13.5. The summed E-state index contributed by atoms with van der Waals surface area (Å²) in [5.41, 5.74) is 7.62. The standard InChI is InChI=1S/C31H26F3N5O6S2/c1-19(37-38-30-36-24-12-5-6-13-27(24)46-30)25-16-17-26(44-25)21-10-7-11-22(18-21)47(42,43)39(45-29(41)31(32,33)34)28(40)23(35)15-14-20-8-3-2-4-9-20/h2-13,16-19,23H,14-15,35H2,1H3. The number of benzene rings is 3. The van der Waals surface area contributed by atoms with Crippen LogP contribution in [0.3, 0.4) is 0 Å². The number of nitrogens with two attached hydrogens (primary N) is 1. The maximum Gasteiger partial charge on any atom is 0.493 e. The molecule has 244 valence electrons. The molecule has 2 aromatic heterocycles. The van der Waals surface area contributed by atoms with E-state index in [2.05, 4.69) is 20.1 Å². The van der Waals surface area contributed by atoms with E-state index >= 15 is 0 Å². The Bertz CT molecular complexity index is 2000. The van der Waals surface area contributed by atoms with Gasteiger partial charge in [0.1, 0.15) is 17.6 Å². The number of fused-ring (bicyclic) bond motifs is 1. The van der Waals surface area contributed by atoms with Crippen LogP contribution in [0.2, 0.25) is 0 Å². The van der Waals surface area contributed by atoms with Crippen molar-refractivity contribution in [2.45, 2.75) is 42.9 Å². The van der Waals surface area contributed by atoms with Crippen LogP contribution in [0.5, 0.6) is 0 Å². The minimum atomic E-state index is -5.60. The van der Waals surface area contributed by atoms with E-state index in [1.807, 2.05) is 24.3 Å². The summed E-state index contributed by atoms with van der Waals surface area (Å²) in [5, 5.41) is 8.90. The van der Waals surface area contributed by atoms with Crippen molar-refractivity contribution >= 4 is 48.6 Å². The Morgan fingerprint density at radius 3 is 2.47 bits per heavy atom. The van der Waals surface area contributed by atoms with Gasteiger partial charge >= 0.3 is 12.1 Å². The molecule has 2 atom stereocenters. The number of aromatic nitrogens is 1. The van der Waals surface area contributed by atoms with E-state index in [0.29, 0.717) is 10.9 Å². The van der Waals surface area contributed by atoms with Crippen molar-refractivity contribution in [3.05, 3.63) is 102 Å². The number of amides is 1. The fourth-order valence-corrected chi connectivity index (χ4v) is 6.35. The number of rotatable bonds is 10. The van der Waals surface area contributed by atoms with Gasteiger partial charge in [-0.25, -0.2) is 9.78 Å². The number of carbonyl (C=O) groups excluding carboxylic acids is 2. The number of thiazole rings is 1. The van der Waals surface area contributed by atoms with E-state index in [1.165, 1.54) is 29.5 Å². The summed E-state index contributed by atoms with van der Waals surface area (Å²) in [6.45, 7) is 1.72. The van der Waals surface area contributed by atoms with Gasteiger partial charge in [-0.3, -0.25) is 4.79 Å². The average molecular weight is 686 g/mol. The van der Waals surface area contributed by atoms with Crippen molar-refractivity contribution in [1.29, 1.82) is 0 Å². The molecule has 47 heavy (non-hydrogen) atoms. The molecule has 2 heterocycles. The third kappa shape index (κ3) is 7.90. The second kappa shape index (κ2) is 13.8. The fraction of sp³-hybridized carbons (Fsp3) is 0.194. The topological polar surface area (TPSA) is 158 Å². The Hall–Kier alpha value is -4.93. The Labute approximate surface area is 270 Å². The molecule has 0 aliphatic heterocycles. The van der Waals surface area contributed by atoms with Gasteiger partial charge in [-0.1, -0.05) is 70.4 Å². The number of azo groups is 1. The minimum Gasteiger partial charge on any atom is -0.459 e. The lowest BCUT2D eigenvalue weighted by Gasteiger charge is -2.24. The molecule has 2 N–H and O–H groups in total. The van der Waals surface area contributed by atoms with Crippen LogP contribution in [-0.4, -0.2) is 42.0 Å². The number of para-hydroxylation sites is 1. The predicted octanol–water partition coefficient (Wildman–Crippen LogP) is 6.90. The first-order valence-electron chi connectivity index (χ1n) is 14.0. The Balaban J connectivity index is 1.37. The highest BCUT2D eigenvalue weighted by atomic mass is 32.2. The van der Waals surface area contributed by atoms with Crippen LogP contribution in [0.15, 0.2) is 111 Å². The van der Waals surface area contributed by atoms with Crippen LogP contribution in [0.4, 0.5) is 18.3 Å².